The molecule has 0 bridgehead atoms. The Morgan fingerprint density at radius 2 is 2.07 bits per heavy atom. The summed E-state index contributed by atoms with van der Waals surface area (Å²) in [4.78, 5) is 18.3. The van der Waals surface area contributed by atoms with E-state index in [-0.39, 0.29) is 17.8 Å². The van der Waals surface area contributed by atoms with Gasteiger partial charge in [-0.25, -0.2) is 4.39 Å². The van der Waals surface area contributed by atoms with E-state index < -0.39 is 0 Å². The Bertz CT molecular complexity index is 607. The number of rotatable bonds is 9. The standard InChI is InChI=1S/C20H31FN4O2/c1-3-19(26)25-13-11-17(15-25)24-20(22-4-2)23-12-5-6-14-27-18-9-7-16(21)8-10-18/h7-10,17H,3-6,11-15H2,1-2H3,(H2,22,23,24). The molecule has 0 aliphatic carbocycles. The van der Waals surface area contributed by atoms with Crippen molar-refractivity contribution >= 4 is 11.9 Å². The van der Waals surface area contributed by atoms with Gasteiger partial charge >= 0.3 is 0 Å². The van der Waals surface area contributed by atoms with Crippen LogP contribution in [-0.4, -0.2) is 55.6 Å². The van der Waals surface area contributed by atoms with Gasteiger partial charge in [-0.3, -0.25) is 9.79 Å². The number of hydrogen-bond acceptors (Lipinski definition) is 3. The third kappa shape index (κ3) is 7.45. The maximum atomic E-state index is 12.8. The van der Waals surface area contributed by atoms with Crippen molar-refractivity contribution in [2.45, 2.75) is 45.6 Å². The molecule has 1 saturated heterocycles. The van der Waals surface area contributed by atoms with Gasteiger partial charge in [0.25, 0.3) is 0 Å². The van der Waals surface area contributed by atoms with Crippen LogP contribution in [0.3, 0.4) is 0 Å². The van der Waals surface area contributed by atoms with Gasteiger partial charge in [-0.15, -0.1) is 0 Å². The third-order valence-electron chi connectivity index (χ3n) is 4.43. The molecule has 2 N–H and O–H groups in total. The number of nitrogens with one attached hydrogen (secondary N) is 2. The van der Waals surface area contributed by atoms with Crippen molar-refractivity contribution in [1.29, 1.82) is 0 Å². The average molecular weight is 378 g/mol. The minimum absolute atomic E-state index is 0.211. The molecule has 1 aliphatic heterocycles. The lowest BCUT2D eigenvalue weighted by molar-refractivity contribution is -0.129. The highest BCUT2D eigenvalue weighted by Gasteiger charge is 2.25. The first-order chi connectivity index (χ1) is 13.1. The van der Waals surface area contributed by atoms with Crippen molar-refractivity contribution in [2.24, 2.45) is 4.99 Å². The molecule has 1 aromatic rings. The first-order valence-corrected chi connectivity index (χ1v) is 9.83. The van der Waals surface area contributed by atoms with Crippen LogP contribution in [0.25, 0.3) is 0 Å². The number of benzene rings is 1. The normalized spacial score (nSPS) is 17.1. The number of amides is 1. The summed E-state index contributed by atoms with van der Waals surface area (Å²) in [6.07, 6.45) is 3.29. The molecule has 0 spiro atoms. The van der Waals surface area contributed by atoms with Crippen LogP contribution in [0.1, 0.15) is 39.5 Å². The number of carbonyl (C=O) groups is 1. The Hall–Kier alpha value is -2.31. The molecular formula is C20H31FN4O2. The summed E-state index contributed by atoms with van der Waals surface area (Å²) in [6.45, 7) is 7.56. The van der Waals surface area contributed by atoms with Crippen LogP contribution in [0.2, 0.25) is 0 Å². The lowest BCUT2D eigenvalue weighted by Gasteiger charge is -2.18. The van der Waals surface area contributed by atoms with E-state index in [4.69, 9.17) is 4.74 Å². The van der Waals surface area contributed by atoms with E-state index in [0.717, 1.165) is 44.9 Å². The molecule has 1 amide bonds. The summed E-state index contributed by atoms with van der Waals surface area (Å²) in [6, 6.07) is 6.31. The minimum Gasteiger partial charge on any atom is -0.494 e. The Morgan fingerprint density at radius 3 is 2.78 bits per heavy atom. The summed E-state index contributed by atoms with van der Waals surface area (Å²) < 4.78 is 18.4. The number of nitrogens with zero attached hydrogens (tertiary/aromatic N) is 2. The molecule has 1 unspecified atom stereocenters. The molecule has 1 heterocycles. The smallest absolute Gasteiger partial charge is 0.222 e. The fourth-order valence-corrected chi connectivity index (χ4v) is 2.97. The van der Waals surface area contributed by atoms with Gasteiger partial charge in [0.1, 0.15) is 11.6 Å². The predicted molar refractivity (Wildman–Crippen MR) is 106 cm³/mol. The highest BCUT2D eigenvalue weighted by molar-refractivity contribution is 5.80. The van der Waals surface area contributed by atoms with E-state index in [9.17, 15) is 9.18 Å². The third-order valence-corrected chi connectivity index (χ3v) is 4.43. The quantitative estimate of drug-likeness (QED) is 0.394. The van der Waals surface area contributed by atoms with Crippen molar-refractivity contribution < 1.29 is 13.9 Å². The monoisotopic (exact) mass is 378 g/mol. The molecule has 6 nitrogen and oxygen atoms in total. The molecule has 2 rings (SSSR count). The Balaban J connectivity index is 1.67. The zero-order chi connectivity index (χ0) is 19.5. The van der Waals surface area contributed by atoms with Crippen molar-refractivity contribution in [1.82, 2.24) is 15.5 Å². The van der Waals surface area contributed by atoms with Gasteiger partial charge in [0.05, 0.1) is 6.61 Å². The number of guanidine groups is 1. The van der Waals surface area contributed by atoms with Crippen LogP contribution < -0.4 is 15.4 Å². The van der Waals surface area contributed by atoms with Gasteiger partial charge < -0.3 is 20.3 Å². The molecule has 1 aliphatic rings. The van der Waals surface area contributed by atoms with Crippen LogP contribution in [0.15, 0.2) is 29.3 Å². The fraction of sp³-hybridized carbons (Fsp3) is 0.600. The summed E-state index contributed by atoms with van der Waals surface area (Å²) in [5, 5.41) is 6.68. The van der Waals surface area contributed by atoms with Crippen molar-refractivity contribution in [2.75, 3.05) is 32.8 Å². The van der Waals surface area contributed by atoms with Gasteiger partial charge in [0, 0.05) is 38.6 Å². The Morgan fingerprint density at radius 1 is 1.30 bits per heavy atom. The molecule has 1 fully saturated rings. The zero-order valence-corrected chi connectivity index (χ0v) is 16.3. The average Bonchev–Trinajstić information content (AvgIpc) is 3.14. The minimum atomic E-state index is -0.260. The summed E-state index contributed by atoms with van der Waals surface area (Å²) >= 11 is 0. The highest BCUT2D eigenvalue weighted by Crippen LogP contribution is 2.12. The largest absolute Gasteiger partial charge is 0.494 e. The van der Waals surface area contributed by atoms with E-state index in [1.54, 1.807) is 12.1 Å². The predicted octanol–water partition coefficient (Wildman–Crippen LogP) is 2.55. The lowest BCUT2D eigenvalue weighted by Crippen LogP contribution is -2.45. The van der Waals surface area contributed by atoms with E-state index in [2.05, 4.69) is 15.6 Å². The summed E-state index contributed by atoms with van der Waals surface area (Å²) in [5.41, 5.74) is 0. The number of carbonyl (C=O) groups excluding carboxylic acids is 1. The SMILES string of the molecule is CCNC(=NCCCCOc1ccc(F)cc1)NC1CCN(C(=O)CC)C1. The van der Waals surface area contributed by atoms with Crippen molar-refractivity contribution in [3.8, 4) is 5.75 Å². The summed E-state index contributed by atoms with van der Waals surface area (Å²) in [5.74, 6) is 1.43. The maximum absolute atomic E-state index is 12.8. The van der Waals surface area contributed by atoms with Crippen LogP contribution in [0.5, 0.6) is 5.75 Å². The van der Waals surface area contributed by atoms with E-state index >= 15 is 0 Å². The number of ether oxygens (including phenoxy) is 1. The van der Waals surface area contributed by atoms with Gasteiger partial charge in [-0.1, -0.05) is 6.92 Å². The molecule has 1 aromatic carbocycles. The number of halogens is 1. The first-order valence-electron chi connectivity index (χ1n) is 9.83. The molecule has 7 heteroatoms. The van der Waals surface area contributed by atoms with E-state index in [1.165, 1.54) is 12.1 Å². The van der Waals surface area contributed by atoms with Crippen molar-refractivity contribution in [3.05, 3.63) is 30.1 Å². The number of aliphatic imine (C=N–C) groups is 1. The van der Waals surface area contributed by atoms with Crippen LogP contribution in [-0.2, 0) is 4.79 Å². The van der Waals surface area contributed by atoms with Crippen molar-refractivity contribution in [3.63, 3.8) is 0 Å². The Kier molecular flexibility index (Phi) is 8.87. The lowest BCUT2D eigenvalue weighted by atomic mass is 10.3. The second kappa shape index (κ2) is 11.4. The second-order valence-electron chi connectivity index (χ2n) is 6.59. The van der Waals surface area contributed by atoms with E-state index in [0.29, 0.717) is 25.3 Å². The fourth-order valence-electron chi connectivity index (χ4n) is 2.97. The molecular weight excluding hydrogens is 347 g/mol. The molecule has 0 aromatic heterocycles. The molecule has 150 valence electrons. The summed E-state index contributed by atoms with van der Waals surface area (Å²) in [7, 11) is 0. The molecule has 27 heavy (non-hydrogen) atoms. The Labute approximate surface area is 161 Å². The number of likely N-dealkylation sites (tertiary alicyclic amines) is 1. The molecule has 0 saturated carbocycles. The van der Waals surface area contributed by atoms with Gasteiger partial charge in [-0.2, -0.15) is 0 Å². The van der Waals surface area contributed by atoms with Gasteiger partial charge in [0.15, 0.2) is 5.96 Å². The van der Waals surface area contributed by atoms with Crippen LogP contribution in [0, 0.1) is 5.82 Å². The van der Waals surface area contributed by atoms with Crippen LogP contribution >= 0.6 is 0 Å². The molecule has 1 atom stereocenters. The molecule has 0 radical (unpaired) electrons. The maximum Gasteiger partial charge on any atom is 0.222 e. The first kappa shape index (κ1) is 21.0. The second-order valence-corrected chi connectivity index (χ2v) is 6.59. The number of unbranched alkanes of at least 4 members (excludes halogenated alkanes) is 1. The highest BCUT2D eigenvalue weighted by atomic mass is 19.1. The van der Waals surface area contributed by atoms with Gasteiger partial charge in [0.2, 0.25) is 5.91 Å². The zero-order valence-electron chi connectivity index (χ0n) is 16.3. The topological polar surface area (TPSA) is 66.0 Å². The number of hydrogen-bond donors (Lipinski definition) is 2. The van der Waals surface area contributed by atoms with Gasteiger partial charge in [-0.05, 0) is 50.5 Å². The van der Waals surface area contributed by atoms with Crippen LogP contribution in [0.4, 0.5) is 4.39 Å². The van der Waals surface area contributed by atoms with E-state index in [1.807, 2.05) is 18.7 Å².